The summed E-state index contributed by atoms with van der Waals surface area (Å²) in [5.74, 6) is -1.88. The molecule has 3 aromatic rings. The molecular formula is C27H26F2N4O2. The average molecular weight is 477 g/mol. The molecule has 0 aromatic heterocycles. The van der Waals surface area contributed by atoms with E-state index in [4.69, 9.17) is 0 Å². The second kappa shape index (κ2) is 9.11. The molecule has 3 aromatic carbocycles. The summed E-state index contributed by atoms with van der Waals surface area (Å²) in [5.41, 5.74) is 7.78. The van der Waals surface area contributed by atoms with E-state index in [9.17, 15) is 18.4 Å². The number of carbonyl (C=O) groups is 2. The second-order valence-electron chi connectivity index (χ2n) is 9.16. The lowest BCUT2D eigenvalue weighted by Gasteiger charge is -2.36. The van der Waals surface area contributed by atoms with Crippen LogP contribution < -0.4 is 15.6 Å². The van der Waals surface area contributed by atoms with Gasteiger partial charge in [0.1, 0.15) is 18.2 Å². The predicted molar refractivity (Wildman–Crippen MR) is 129 cm³/mol. The number of halogens is 2. The quantitative estimate of drug-likeness (QED) is 0.578. The number of hydrazine groups is 1. The van der Waals surface area contributed by atoms with Crippen molar-refractivity contribution in [2.75, 3.05) is 23.3 Å². The molecule has 2 unspecified atom stereocenters. The molecule has 35 heavy (non-hydrogen) atoms. The first-order valence-corrected chi connectivity index (χ1v) is 11.5. The van der Waals surface area contributed by atoms with Gasteiger partial charge in [-0.05, 0) is 66.9 Å². The normalized spacial score (nSPS) is 18.9. The van der Waals surface area contributed by atoms with Gasteiger partial charge in [-0.1, -0.05) is 24.3 Å². The van der Waals surface area contributed by atoms with Gasteiger partial charge in [0.2, 0.25) is 11.8 Å². The van der Waals surface area contributed by atoms with Crippen molar-refractivity contribution < 1.29 is 18.4 Å². The zero-order chi connectivity index (χ0) is 24.7. The van der Waals surface area contributed by atoms with Crippen LogP contribution in [0.5, 0.6) is 0 Å². The van der Waals surface area contributed by atoms with Crippen molar-refractivity contribution in [3.8, 4) is 0 Å². The minimum atomic E-state index is -0.537. The molecule has 0 spiro atoms. The lowest BCUT2D eigenvalue weighted by atomic mass is 9.88. The van der Waals surface area contributed by atoms with Crippen molar-refractivity contribution in [1.82, 2.24) is 10.4 Å². The molecule has 0 saturated carbocycles. The van der Waals surface area contributed by atoms with E-state index in [1.165, 1.54) is 23.2 Å². The smallest absolute Gasteiger partial charge is 0.245 e. The van der Waals surface area contributed by atoms with Crippen molar-refractivity contribution in [1.29, 1.82) is 0 Å². The van der Waals surface area contributed by atoms with E-state index in [2.05, 4.69) is 10.7 Å². The number of aryl methyl sites for hydroxylation is 2. The second-order valence-corrected chi connectivity index (χ2v) is 9.16. The van der Waals surface area contributed by atoms with Crippen LogP contribution in [0.25, 0.3) is 0 Å². The lowest BCUT2D eigenvalue weighted by molar-refractivity contribution is -0.135. The number of carbonyl (C=O) groups excluding carboxylic acids is 2. The van der Waals surface area contributed by atoms with Gasteiger partial charge in [0.05, 0.1) is 12.0 Å². The Kier molecular flexibility index (Phi) is 5.98. The number of hydrogen-bond acceptors (Lipinski definition) is 4. The SMILES string of the molecule is Cc1ccc(NC(=O)CN2NC3c4cc(F)ccc4N(Cc4ccccc4F)CC3C2=O)cc1C. The molecule has 2 N–H and O–H groups in total. The Bertz CT molecular complexity index is 1310. The van der Waals surface area contributed by atoms with Gasteiger partial charge < -0.3 is 10.2 Å². The summed E-state index contributed by atoms with van der Waals surface area (Å²) in [6.45, 7) is 4.33. The highest BCUT2D eigenvalue weighted by Gasteiger charge is 2.46. The monoisotopic (exact) mass is 476 g/mol. The minimum Gasteiger partial charge on any atom is -0.366 e. The van der Waals surface area contributed by atoms with Crippen molar-refractivity contribution in [2.24, 2.45) is 5.92 Å². The third kappa shape index (κ3) is 4.49. The molecule has 2 heterocycles. The van der Waals surface area contributed by atoms with Gasteiger partial charge in [0, 0.05) is 30.0 Å². The number of rotatable bonds is 5. The molecular weight excluding hydrogens is 450 g/mol. The van der Waals surface area contributed by atoms with Crippen LogP contribution in [0.2, 0.25) is 0 Å². The maximum Gasteiger partial charge on any atom is 0.245 e. The number of benzene rings is 3. The zero-order valence-electron chi connectivity index (χ0n) is 19.5. The number of hydrogen-bond donors (Lipinski definition) is 2. The molecule has 0 bridgehead atoms. The maximum atomic E-state index is 14.3. The van der Waals surface area contributed by atoms with Crippen molar-refractivity contribution >= 4 is 23.2 Å². The summed E-state index contributed by atoms with van der Waals surface area (Å²) in [4.78, 5) is 27.9. The molecule has 6 nitrogen and oxygen atoms in total. The van der Waals surface area contributed by atoms with Crippen LogP contribution in [-0.2, 0) is 16.1 Å². The first-order chi connectivity index (χ1) is 16.8. The first-order valence-electron chi connectivity index (χ1n) is 11.5. The highest BCUT2D eigenvalue weighted by Crippen LogP contribution is 2.42. The molecule has 2 atom stereocenters. The fourth-order valence-electron chi connectivity index (χ4n) is 4.80. The largest absolute Gasteiger partial charge is 0.366 e. The summed E-state index contributed by atoms with van der Waals surface area (Å²) >= 11 is 0. The Balaban J connectivity index is 1.36. The molecule has 2 aliphatic rings. The standard InChI is InChI=1S/C27H26F2N4O2/c1-16-7-9-20(11-17(16)2)30-25(34)15-33-27(35)22-14-32(13-18-5-3-4-6-23(18)29)24-10-8-19(28)12-21(24)26(22)31-33/h3-12,22,26,31H,13-15H2,1-2H3,(H,30,34). The molecule has 180 valence electrons. The number of nitrogens with one attached hydrogen (secondary N) is 2. The van der Waals surface area contributed by atoms with E-state index in [0.717, 1.165) is 16.8 Å². The number of anilines is 2. The summed E-state index contributed by atoms with van der Waals surface area (Å²) in [6, 6.07) is 16.0. The Labute approximate surface area is 202 Å². The number of fused-ring (bicyclic) bond motifs is 3. The number of nitrogens with zero attached hydrogens (tertiary/aromatic N) is 2. The fourth-order valence-corrected chi connectivity index (χ4v) is 4.80. The lowest BCUT2D eigenvalue weighted by Crippen LogP contribution is -2.41. The highest BCUT2D eigenvalue weighted by atomic mass is 19.1. The summed E-state index contributed by atoms with van der Waals surface area (Å²) in [6.07, 6.45) is 0. The van der Waals surface area contributed by atoms with Gasteiger partial charge in [-0.25, -0.2) is 14.2 Å². The minimum absolute atomic E-state index is 0.184. The summed E-state index contributed by atoms with van der Waals surface area (Å²) in [7, 11) is 0. The molecule has 0 aliphatic carbocycles. The van der Waals surface area contributed by atoms with E-state index >= 15 is 0 Å². The third-order valence-corrected chi connectivity index (χ3v) is 6.77. The van der Waals surface area contributed by atoms with Crippen molar-refractivity contribution in [2.45, 2.75) is 26.4 Å². The Hall–Kier alpha value is -3.78. The molecule has 1 fully saturated rings. The van der Waals surface area contributed by atoms with E-state index in [0.29, 0.717) is 23.4 Å². The predicted octanol–water partition coefficient (Wildman–Crippen LogP) is 4.24. The third-order valence-electron chi connectivity index (χ3n) is 6.77. The van der Waals surface area contributed by atoms with E-state index < -0.39 is 17.8 Å². The van der Waals surface area contributed by atoms with E-state index in [1.807, 2.05) is 36.9 Å². The van der Waals surface area contributed by atoms with Gasteiger partial charge in [-0.3, -0.25) is 14.6 Å². The van der Waals surface area contributed by atoms with Crippen LogP contribution in [0.15, 0.2) is 60.7 Å². The van der Waals surface area contributed by atoms with Gasteiger partial charge in [-0.2, -0.15) is 0 Å². The van der Waals surface area contributed by atoms with E-state index in [-0.39, 0.29) is 30.7 Å². The Morgan fingerprint density at radius 2 is 1.86 bits per heavy atom. The molecule has 8 heteroatoms. The van der Waals surface area contributed by atoms with Crippen LogP contribution in [0.1, 0.15) is 28.3 Å². The highest BCUT2D eigenvalue weighted by molar-refractivity contribution is 5.95. The zero-order valence-corrected chi connectivity index (χ0v) is 19.5. The molecule has 2 amide bonds. The molecule has 1 saturated heterocycles. The van der Waals surface area contributed by atoms with Crippen molar-refractivity contribution in [3.05, 3.63) is 94.6 Å². The molecule has 0 radical (unpaired) electrons. The topological polar surface area (TPSA) is 64.7 Å². The van der Waals surface area contributed by atoms with Crippen molar-refractivity contribution in [3.63, 3.8) is 0 Å². The van der Waals surface area contributed by atoms with Crippen LogP contribution in [0, 0.1) is 31.4 Å². The number of amides is 2. The average Bonchev–Trinajstić information content (AvgIpc) is 3.13. The van der Waals surface area contributed by atoms with Crippen LogP contribution in [0.4, 0.5) is 20.2 Å². The van der Waals surface area contributed by atoms with Crippen LogP contribution in [0.3, 0.4) is 0 Å². The van der Waals surface area contributed by atoms with Gasteiger partial charge in [-0.15, -0.1) is 0 Å². The maximum absolute atomic E-state index is 14.3. The fraction of sp³-hybridized carbons (Fsp3) is 0.259. The summed E-state index contributed by atoms with van der Waals surface area (Å²) < 4.78 is 28.6. The summed E-state index contributed by atoms with van der Waals surface area (Å²) in [5, 5.41) is 4.13. The van der Waals surface area contributed by atoms with E-state index in [1.54, 1.807) is 24.3 Å². The Morgan fingerprint density at radius 1 is 1.06 bits per heavy atom. The van der Waals surface area contributed by atoms with Gasteiger partial charge >= 0.3 is 0 Å². The Morgan fingerprint density at radius 3 is 2.63 bits per heavy atom. The van der Waals surface area contributed by atoms with Gasteiger partial charge in [0.25, 0.3) is 0 Å². The van der Waals surface area contributed by atoms with Gasteiger partial charge in [0.15, 0.2) is 0 Å². The molecule has 5 rings (SSSR count). The molecule has 2 aliphatic heterocycles. The van der Waals surface area contributed by atoms with Crippen LogP contribution >= 0.6 is 0 Å². The first kappa shape index (κ1) is 23.0. The van der Waals surface area contributed by atoms with Crippen LogP contribution in [-0.4, -0.2) is 29.9 Å².